The number of nitrogens with one attached hydrogen (secondary N) is 1. The van der Waals surface area contributed by atoms with Gasteiger partial charge >= 0.3 is 0 Å². The Hall–Kier alpha value is -1.20. The van der Waals surface area contributed by atoms with Crippen molar-refractivity contribution in [2.24, 2.45) is 0 Å². The summed E-state index contributed by atoms with van der Waals surface area (Å²) in [6.07, 6.45) is 2.23. The lowest BCUT2D eigenvalue weighted by Crippen LogP contribution is -2.41. The molecule has 1 fully saturated rings. The maximum Gasteiger partial charge on any atom is 0.234 e. The molecule has 5 heteroatoms. The van der Waals surface area contributed by atoms with Gasteiger partial charge in [0, 0.05) is 16.6 Å². The minimum absolute atomic E-state index is 0.0428. The van der Waals surface area contributed by atoms with Gasteiger partial charge in [0.25, 0.3) is 0 Å². The van der Waals surface area contributed by atoms with Crippen molar-refractivity contribution in [3.8, 4) is 11.4 Å². The largest absolute Gasteiger partial charge is 0.338 e. The second-order valence-corrected chi connectivity index (χ2v) is 6.19. The van der Waals surface area contributed by atoms with Crippen molar-refractivity contribution in [3.05, 3.63) is 34.6 Å². The molecule has 100 valence electrons. The Morgan fingerprint density at radius 2 is 2.11 bits per heavy atom. The molecule has 1 aliphatic heterocycles. The molecular weight excluding hydrogens is 306 g/mol. The fourth-order valence-electron chi connectivity index (χ4n) is 2.42. The fraction of sp³-hybridized carbons (Fsp3) is 0.429. The molecule has 1 aliphatic rings. The molecule has 19 heavy (non-hydrogen) atoms. The molecule has 0 aliphatic carbocycles. The van der Waals surface area contributed by atoms with E-state index < -0.39 is 0 Å². The number of hydrogen-bond acceptors (Lipinski definition) is 4. The second kappa shape index (κ2) is 5.06. The Morgan fingerprint density at radius 1 is 1.32 bits per heavy atom. The van der Waals surface area contributed by atoms with Crippen molar-refractivity contribution >= 4 is 15.9 Å². The van der Waals surface area contributed by atoms with E-state index in [1.54, 1.807) is 0 Å². The molecule has 1 N–H and O–H groups in total. The first-order valence-corrected chi connectivity index (χ1v) is 7.28. The summed E-state index contributed by atoms with van der Waals surface area (Å²) in [5.74, 6) is 1.40. The van der Waals surface area contributed by atoms with Crippen molar-refractivity contribution in [1.29, 1.82) is 0 Å². The van der Waals surface area contributed by atoms with Crippen molar-refractivity contribution < 1.29 is 4.52 Å². The van der Waals surface area contributed by atoms with Gasteiger partial charge in [-0.15, -0.1) is 0 Å². The lowest BCUT2D eigenvalue weighted by Gasteiger charge is -2.30. The van der Waals surface area contributed by atoms with Gasteiger partial charge in [-0.1, -0.05) is 21.1 Å². The molecule has 1 unspecified atom stereocenters. The molecule has 0 bridgehead atoms. The highest BCUT2D eigenvalue weighted by molar-refractivity contribution is 9.10. The van der Waals surface area contributed by atoms with Crippen LogP contribution in [-0.4, -0.2) is 23.2 Å². The lowest BCUT2D eigenvalue weighted by molar-refractivity contribution is 0.245. The quantitative estimate of drug-likeness (QED) is 0.923. The first kappa shape index (κ1) is 12.8. The van der Waals surface area contributed by atoms with Crippen LogP contribution in [0.15, 0.2) is 33.3 Å². The van der Waals surface area contributed by atoms with Crippen LogP contribution < -0.4 is 5.32 Å². The lowest BCUT2D eigenvalue weighted by atomic mass is 9.83. The van der Waals surface area contributed by atoms with Crippen LogP contribution in [0.4, 0.5) is 0 Å². The van der Waals surface area contributed by atoms with E-state index in [0.717, 1.165) is 41.9 Å². The topological polar surface area (TPSA) is 51.0 Å². The Balaban J connectivity index is 1.88. The first-order chi connectivity index (χ1) is 9.17. The number of halogens is 1. The third-order valence-corrected chi connectivity index (χ3v) is 4.17. The minimum Gasteiger partial charge on any atom is -0.338 e. The van der Waals surface area contributed by atoms with Crippen LogP contribution in [0.5, 0.6) is 0 Å². The Kier molecular flexibility index (Phi) is 3.41. The van der Waals surface area contributed by atoms with E-state index in [1.165, 1.54) is 0 Å². The van der Waals surface area contributed by atoms with Crippen LogP contribution >= 0.6 is 15.9 Å². The smallest absolute Gasteiger partial charge is 0.234 e. The molecule has 1 aromatic carbocycles. The van der Waals surface area contributed by atoms with Crippen LogP contribution in [0.1, 0.15) is 25.7 Å². The number of rotatable bonds is 2. The average molecular weight is 322 g/mol. The molecule has 2 aromatic rings. The highest BCUT2D eigenvalue weighted by Gasteiger charge is 2.34. The van der Waals surface area contributed by atoms with Crippen LogP contribution in [0.2, 0.25) is 0 Å². The van der Waals surface area contributed by atoms with Gasteiger partial charge in [0.2, 0.25) is 11.7 Å². The molecule has 1 aromatic heterocycles. The number of hydrogen-bond donors (Lipinski definition) is 1. The Bertz CT molecular complexity index is 558. The fourth-order valence-corrected chi connectivity index (χ4v) is 2.69. The maximum atomic E-state index is 5.48. The molecule has 1 atom stereocenters. The van der Waals surface area contributed by atoms with Gasteiger partial charge in [-0.2, -0.15) is 4.98 Å². The van der Waals surface area contributed by atoms with Gasteiger partial charge in [-0.3, -0.25) is 0 Å². The van der Waals surface area contributed by atoms with E-state index in [-0.39, 0.29) is 5.41 Å². The Labute approximate surface area is 120 Å². The van der Waals surface area contributed by atoms with Crippen molar-refractivity contribution in [2.75, 3.05) is 13.1 Å². The average Bonchev–Trinajstić information content (AvgIpc) is 2.91. The molecular formula is C14H16BrN3O. The summed E-state index contributed by atoms with van der Waals surface area (Å²) in [7, 11) is 0. The summed E-state index contributed by atoms with van der Waals surface area (Å²) in [5, 5.41) is 7.50. The van der Waals surface area contributed by atoms with E-state index >= 15 is 0 Å². The number of piperidine rings is 1. The molecule has 1 saturated heterocycles. The molecule has 0 amide bonds. The standard InChI is InChI=1S/C14H16BrN3O/c1-14(7-2-8-16-9-14)13-17-12(18-19-13)10-3-5-11(15)6-4-10/h3-6,16H,2,7-9H2,1H3. The molecule has 0 spiro atoms. The third-order valence-electron chi connectivity index (χ3n) is 3.64. The predicted octanol–water partition coefficient (Wildman–Crippen LogP) is 3.14. The van der Waals surface area contributed by atoms with E-state index in [2.05, 4.69) is 38.3 Å². The van der Waals surface area contributed by atoms with Crippen molar-refractivity contribution in [2.45, 2.75) is 25.2 Å². The summed E-state index contributed by atoms with van der Waals surface area (Å²) in [6.45, 7) is 4.15. The van der Waals surface area contributed by atoms with Gasteiger partial charge in [0.15, 0.2) is 0 Å². The van der Waals surface area contributed by atoms with Crippen LogP contribution in [-0.2, 0) is 5.41 Å². The minimum atomic E-state index is -0.0428. The van der Waals surface area contributed by atoms with Gasteiger partial charge in [0.1, 0.15) is 0 Å². The summed E-state index contributed by atoms with van der Waals surface area (Å²) < 4.78 is 6.52. The summed E-state index contributed by atoms with van der Waals surface area (Å²) in [6, 6.07) is 7.94. The summed E-state index contributed by atoms with van der Waals surface area (Å²) >= 11 is 3.42. The number of aromatic nitrogens is 2. The number of benzene rings is 1. The van der Waals surface area contributed by atoms with Gasteiger partial charge in [-0.05, 0) is 50.6 Å². The normalized spacial score (nSPS) is 23.5. The molecule has 3 rings (SSSR count). The van der Waals surface area contributed by atoms with Gasteiger partial charge < -0.3 is 9.84 Å². The summed E-state index contributed by atoms with van der Waals surface area (Å²) in [4.78, 5) is 4.57. The van der Waals surface area contributed by atoms with Crippen molar-refractivity contribution in [1.82, 2.24) is 15.5 Å². The third kappa shape index (κ3) is 2.58. The van der Waals surface area contributed by atoms with E-state index in [9.17, 15) is 0 Å². The van der Waals surface area contributed by atoms with Crippen LogP contribution in [0, 0.1) is 0 Å². The molecule has 0 saturated carbocycles. The van der Waals surface area contributed by atoms with E-state index in [1.807, 2.05) is 24.3 Å². The van der Waals surface area contributed by atoms with Gasteiger partial charge in [0.05, 0.1) is 5.41 Å². The Morgan fingerprint density at radius 3 is 2.79 bits per heavy atom. The molecule has 4 nitrogen and oxygen atoms in total. The number of nitrogens with zero attached hydrogens (tertiary/aromatic N) is 2. The highest BCUT2D eigenvalue weighted by Crippen LogP contribution is 2.30. The SMILES string of the molecule is CC1(c2nc(-c3ccc(Br)cc3)no2)CCCNC1. The van der Waals surface area contributed by atoms with Crippen LogP contribution in [0.25, 0.3) is 11.4 Å². The molecule has 0 radical (unpaired) electrons. The van der Waals surface area contributed by atoms with E-state index in [4.69, 9.17) is 4.52 Å². The summed E-state index contributed by atoms with van der Waals surface area (Å²) in [5.41, 5.74) is 0.935. The monoisotopic (exact) mass is 321 g/mol. The van der Waals surface area contributed by atoms with E-state index in [0.29, 0.717) is 5.82 Å². The zero-order valence-electron chi connectivity index (χ0n) is 10.8. The zero-order chi connectivity index (χ0) is 13.3. The maximum absolute atomic E-state index is 5.48. The highest BCUT2D eigenvalue weighted by atomic mass is 79.9. The molecule has 2 heterocycles. The van der Waals surface area contributed by atoms with Crippen molar-refractivity contribution in [3.63, 3.8) is 0 Å². The van der Waals surface area contributed by atoms with Gasteiger partial charge in [-0.25, -0.2) is 0 Å². The van der Waals surface area contributed by atoms with Crippen LogP contribution in [0.3, 0.4) is 0 Å². The predicted molar refractivity (Wildman–Crippen MR) is 76.9 cm³/mol. The second-order valence-electron chi connectivity index (χ2n) is 5.27. The first-order valence-electron chi connectivity index (χ1n) is 6.48. The zero-order valence-corrected chi connectivity index (χ0v) is 12.4.